The Bertz CT molecular complexity index is 1030. The summed E-state index contributed by atoms with van der Waals surface area (Å²) in [5, 5.41) is 2.03. The van der Waals surface area contributed by atoms with Gasteiger partial charge in [-0.3, -0.25) is 4.79 Å². The van der Waals surface area contributed by atoms with Crippen molar-refractivity contribution in [2.75, 3.05) is 11.4 Å². The molecule has 0 saturated heterocycles. The van der Waals surface area contributed by atoms with Gasteiger partial charge in [0.05, 0.1) is 0 Å². The highest BCUT2D eigenvalue weighted by Gasteiger charge is 2.32. The molecule has 2 N–H and O–H groups in total. The molecule has 3 aromatic carbocycles. The van der Waals surface area contributed by atoms with Crippen LogP contribution < -0.4 is 15.0 Å². The number of quaternary nitrogens is 1. The highest BCUT2D eigenvalue weighted by atomic mass is 19.3. The van der Waals surface area contributed by atoms with E-state index in [1.54, 1.807) is 12.1 Å². The minimum Gasteiger partial charge on any atom is -0.435 e. The Balaban J connectivity index is 1.56. The number of hydrogen-bond donors (Lipinski definition) is 1. The van der Waals surface area contributed by atoms with Gasteiger partial charge in [-0.2, -0.15) is 8.78 Å². The highest BCUT2D eigenvalue weighted by molar-refractivity contribution is 5.97. The van der Waals surface area contributed by atoms with Crippen LogP contribution >= 0.6 is 0 Å². The second-order valence-corrected chi connectivity index (χ2v) is 7.69. The molecule has 1 aliphatic heterocycles. The Morgan fingerprint density at radius 3 is 2.29 bits per heavy atom. The van der Waals surface area contributed by atoms with Crippen LogP contribution in [0.1, 0.15) is 29.7 Å². The Kier molecular flexibility index (Phi) is 6.28. The molecule has 0 spiro atoms. The van der Waals surface area contributed by atoms with Gasteiger partial charge in [0.15, 0.2) is 6.04 Å². The summed E-state index contributed by atoms with van der Waals surface area (Å²) < 4.78 is 29.4. The Morgan fingerprint density at radius 2 is 1.58 bits per heavy atom. The molecule has 0 fully saturated rings. The van der Waals surface area contributed by atoms with E-state index in [0.717, 1.165) is 23.2 Å². The number of carbonyl (C=O) groups is 1. The molecule has 0 aliphatic carbocycles. The van der Waals surface area contributed by atoms with Gasteiger partial charge in [0.1, 0.15) is 11.8 Å². The average Bonchev–Trinajstić information content (AvgIpc) is 3.22. The van der Waals surface area contributed by atoms with E-state index in [0.29, 0.717) is 6.54 Å². The van der Waals surface area contributed by atoms with Gasteiger partial charge in [0.2, 0.25) is 0 Å². The van der Waals surface area contributed by atoms with Crippen LogP contribution in [-0.4, -0.2) is 25.1 Å². The number of amides is 1. The van der Waals surface area contributed by atoms with E-state index in [4.69, 9.17) is 0 Å². The number of ether oxygens (including phenoxy) is 1. The van der Waals surface area contributed by atoms with E-state index >= 15 is 0 Å². The van der Waals surface area contributed by atoms with Gasteiger partial charge in [-0.15, -0.1) is 0 Å². The molecule has 0 saturated carbocycles. The number of anilines is 1. The fraction of sp³-hybridized carbons (Fsp3) is 0.240. The third kappa shape index (κ3) is 4.75. The maximum Gasteiger partial charge on any atom is 0.387 e. The number of nitrogens with zero attached hydrogens (tertiary/aromatic N) is 1. The lowest BCUT2D eigenvalue weighted by atomic mass is 9.97. The average molecular weight is 423 g/mol. The van der Waals surface area contributed by atoms with Crippen LogP contribution in [0.4, 0.5) is 14.5 Å². The molecule has 3 aromatic rings. The smallest absolute Gasteiger partial charge is 0.387 e. The predicted molar refractivity (Wildman–Crippen MR) is 115 cm³/mol. The molecule has 31 heavy (non-hydrogen) atoms. The second-order valence-electron chi connectivity index (χ2n) is 7.69. The van der Waals surface area contributed by atoms with Crippen LogP contribution in [-0.2, 0) is 11.2 Å². The van der Waals surface area contributed by atoms with Crippen molar-refractivity contribution >= 4 is 11.6 Å². The van der Waals surface area contributed by atoms with Crippen molar-refractivity contribution in [1.29, 1.82) is 0 Å². The van der Waals surface area contributed by atoms with E-state index in [2.05, 4.69) is 10.8 Å². The van der Waals surface area contributed by atoms with Crippen LogP contribution in [0.25, 0.3) is 0 Å². The number of rotatable bonds is 7. The first kappa shape index (κ1) is 21.0. The Morgan fingerprint density at radius 1 is 0.935 bits per heavy atom. The Labute approximate surface area is 180 Å². The maximum atomic E-state index is 13.3. The number of carbonyl (C=O) groups excluding carboxylic acids is 1. The summed E-state index contributed by atoms with van der Waals surface area (Å²) in [6.07, 6.45) is 0.863. The first-order chi connectivity index (χ1) is 15.0. The van der Waals surface area contributed by atoms with Crippen LogP contribution in [0.5, 0.6) is 5.75 Å². The zero-order chi connectivity index (χ0) is 21.8. The van der Waals surface area contributed by atoms with Gasteiger partial charge >= 0.3 is 6.61 Å². The predicted octanol–water partition coefficient (Wildman–Crippen LogP) is 3.92. The van der Waals surface area contributed by atoms with Gasteiger partial charge in [0, 0.05) is 23.4 Å². The Hall–Kier alpha value is -3.25. The summed E-state index contributed by atoms with van der Waals surface area (Å²) >= 11 is 0. The normalized spacial score (nSPS) is 14.9. The van der Waals surface area contributed by atoms with Crippen LogP contribution in [0.15, 0.2) is 78.9 Å². The number of fused-ring (bicyclic) bond motifs is 1. The van der Waals surface area contributed by atoms with E-state index in [1.165, 1.54) is 17.7 Å². The molecule has 0 unspecified atom stereocenters. The second kappa shape index (κ2) is 9.27. The number of alkyl halides is 2. The van der Waals surface area contributed by atoms with Crippen molar-refractivity contribution in [1.82, 2.24) is 0 Å². The quantitative estimate of drug-likeness (QED) is 0.626. The lowest BCUT2D eigenvalue weighted by Crippen LogP contribution is -2.92. The lowest BCUT2D eigenvalue weighted by molar-refractivity contribution is -0.704. The summed E-state index contributed by atoms with van der Waals surface area (Å²) in [5.74, 6) is 0.173. The maximum absolute atomic E-state index is 13.3. The minimum atomic E-state index is -2.86. The van der Waals surface area contributed by atoms with Crippen molar-refractivity contribution in [3.05, 3.63) is 95.6 Å². The summed E-state index contributed by atoms with van der Waals surface area (Å²) in [6, 6.07) is 24.0. The third-order valence-corrected chi connectivity index (χ3v) is 5.65. The molecule has 2 atom stereocenters. The van der Waals surface area contributed by atoms with Crippen LogP contribution in [0.3, 0.4) is 0 Å². The molecule has 0 bridgehead atoms. The summed E-state index contributed by atoms with van der Waals surface area (Å²) in [5.41, 5.74) is 4.12. The zero-order valence-electron chi connectivity index (χ0n) is 17.2. The van der Waals surface area contributed by atoms with Gasteiger partial charge < -0.3 is 15.0 Å². The van der Waals surface area contributed by atoms with Gasteiger partial charge in [-0.1, -0.05) is 48.5 Å². The number of benzene rings is 3. The van der Waals surface area contributed by atoms with Crippen molar-refractivity contribution in [3.8, 4) is 5.75 Å². The summed E-state index contributed by atoms with van der Waals surface area (Å²) in [7, 11) is 0. The fourth-order valence-corrected chi connectivity index (χ4v) is 4.12. The fourth-order valence-electron chi connectivity index (χ4n) is 4.12. The van der Waals surface area contributed by atoms with Gasteiger partial charge in [-0.05, 0) is 49.2 Å². The largest absolute Gasteiger partial charge is 0.435 e. The number of nitrogens with two attached hydrogens (primary N) is 1. The van der Waals surface area contributed by atoms with Gasteiger partial charge in [-0.25, -0.2) is 0 Å². The number of para-hydroxylation sites is 1. The molecule has 0 radical (unpaired) electrons. The van der Waals surface area contributed by atoms with E-state index < -0.39 is 6.61 Å². The molecule has 1 heterocycles. The SMILES string of the molecule is C[C@H]([NH2+][C@H](c1ccccc1)c1ccc(OC(F)F)cc1)C(=O)N1CCc2ccccc21. The van der Waals surface area contributed by atoms with Crippen molar-refractivity contribution in [2.24, 2.45) is 0 Å². The molecule has 160 valence electrons. The molecule has 0 aromatic heterocycles. The third-order valence-electron chi connectivity index (χ3n) is 5.65. The van der Waals surface area contributed by atoms with Crippen molar-refractivity contribution < 1.29 is 23.6 Å². The number of halogens is 2. The van der Waals surface area contributed by atoms with Crippen molar-refractivity contribution in [3.63, 3.8) is 0 Å². The van der Waals surface area contributed by atoms with Crippen molar-refractivity contribution in [2.45, 2.75) is 32.0 Å². The molecule has 1 amide bonds. The molecule has 4 nitrogen and oxygen atoms in total. The molecule has 6 heteroatoms. The standard InChI is InChI=1S/C25H24F2N2O2/c1-17(24(30)29-16-15-18-7-5-6-10-22(18)29)28-23(19-8-3-2-4-9-19)20-11-13-21(14-12-20)31-25(26)27/h2-14,17,23,25,28H,15-16H2,1H3/p+1/t17-,23+/m0/s1. The lowest BCUT2D eigenvalue weighted by Gasteiger charge is -2.24. The highest BCUT2D eigenvalue weighted by Crippen LogP contribution is 2.28. The monoisotopic (exact) mass is 423 g/mol. The van der Waals surface area contributed by atoms with Crippen LogP contribution in [0, 0.1) is 0 Å². The molecular weight excluding hydrogens is 398 g/mol. The zero-order valence-corrected chi connectivity index (χ0v) is 17.2. The van der Waals surface area contributed by atoms with Gasteiger partial charge in [0.25, 0.3) is 5.91 Å². The summed E-state index contributed by atoms with van der Waals surface area (Å²) in [4.78, 5) is 15.1. The first-order valence-corrected chi connectivity index (χ1v) is 10.4. The van der Waals surface area contributed by atoms with E-state index in [1.807, 2.05) is 65.7 Å². The topological polar surface area (TPSA) is 46.1 Å². The molecule has 1 aliphatic rings. The number of hydrogen-bond acceptors (Lipinski definition) is 2. The molecular formula is C25H25F2N2O2+. The van der Waals surface area contributed by atoms with E-state index in [-0.39, 0.29) is 23.7 Å². The minimum absolute atomic E-state index is 0.0588. The molecule has 4 rings (SSSR count). The van der Waals surface area contributed by atoms with Crippen LogP contribution in [0.2, 0.25) is 0 Å². The summed E-state index contributed by atoms with van der Waals surface area (Å²) in [6.45, 7) is -0.261. The first-order valence-electron chi connectivity index (χ1n) is 10.4. The van der Waals surface area contributed by atoms with E-state index in [9.17, 15) is 13.6 Å².